The summed E-state index contributed by atoms with van der Waals surface area (Å²) in [5, 5.41) is 4.78. The lowest BCUT2D eigenvalue weighted by Gasteiger charge is -2.18. The van der Waals surface area contributed by atoms with Crippen LogP contribution in [0.1, 0.15) is 32.3 Å². The minimum absolute atomic E-state index is 0.157. The van der Waals surface area contributed by atoms with E-state index in [-0.39, 0.29) is 5.82 Å². The number of hydrogen-bond donors (Lipinski definition) is 1. The zero-order valence-corrected chi connectivity index (χ0v) is 12.3. The normalized spacial score (nSPS) is 18.7. The molecule has 0 bridgehead atoms. The zero-order valence-electron chi connectivity index (χ0n) is 11.5. The Morgan fingerprint density at radius 1 is 1.37 bits per heavy atom. The molecular weight excluding hydrogens is 259 g/mol. The van der Waals surface area contributed by atoms with Gasteiger partial charge in [-0.3, -0.25) is 4.99 Å². The Morgan fingerprint density at radius 2 is 2.11 bits per heavy atom. The highest BCUT2D eigenvalue weighted by molar-refractivity contribution is 8.14. The van der Waals surface area contributed by atoms with Crippen LogP contribution in [0.15, 0.2) is 29.3 Å². The molecule has 1 unspecified atom stereocenters. The summed E-state index contributed by atoms with van der Waals surface area (Å²) in [6, 6.07) is 6.87. The molecule has 0 aliphatic carbocycles. The van der Waals surface area contributed by atoms with E-state index in [0.717, 1.165) is 17.6 Å². The van der Waals surface area contributed by atoms with Crippen molar-refractivity contribution < 1.29 is 4.39 Å². The fourth-order valence-electron chi connectivity index (χ4n) is 2.36. The maximum atomic E-state index is 13.5. The van der Waals surface area contributed by atoms with Gasteiger partial charge >= 0.3 is 0 Å². The molecule has 19 heavy (non-hydrogen) atoms. The molecule has 0 saturated heterocycles. The number of nitrogens with one attached hydrogen (secondary N) is 1. The van der Waals surface area contributed by atoms with Gasteiger partial charge in [0.2, 0.25) is 0 Å². The lowest BCUT2D eigenvalue weighted by atomic mass is 9.99. The maximum absolute atomic E-state index is 13.5. The van der Waals surface area contributed by atoms with Gasteiger partial charge in [0.05, 0.1) is 6.54 Å². The molecule has 1 atom stereocenters. The van der Waals surface area contributed by atoms with Crippen LogP contribution in [0.4, 0.5) is 4.39 Å². The fraction of sp³-hybridized carbons (Fsp3) is 0.533. The molecule has 0 spiro atoms. The van der Waals surface area contributed by atoms with E-state index in [1.54, 1.807) is 12.1 Å². The third kappa shape index (κ3) is 3.72. The van der Waals surface area contributed by atoms with E-state index in [1.807, 2.05) is 17.8 Å². The Morgan fingerprint density at radius 3 is 2.79 bits per heavy atom. The number of halogens is 1. The Bertz CT molecular complexity index is 444. The molecule has 0 amide bonds. The van der Waals surface area contributed by atoms with E-state index < -0.39 is 0 Å². The van der Waals surface area contributed by atoms with Crippen LogP contribution in [0.3, 0.4) is 0 Å². The summed E-state index contributed by atoms with van der Waals surface area (Å²) >= 11 is 1.81. The standard InChI is InChI=1S/C15H21FN2S/c1-3-11(4-2)14-10-18-15(19-14)17-9-12-7-5-6-8-13(12)16/h5-8,11,14H,3-4,9-10H2,1-2H3,(H,17,18). The van der Waals surface area contributed by atoms with Crippen molar-refractivity contribution in [2.24, 2.45) is 10.9 Å². The van der Waals surface area contributed by atoms with Crippen LogP contribution in [-0.4, -0.2) is 17.0 Å². The molecular formula is C15H21FN2S. The molecule has 1 aliphatic heterocycles. The number of rotatable bonds is 5. The van der Waals surface area contributed by atoms with Crippen LogP contribution in [0.5, 0.6) is 0 Å². The van der Waals surface area contributed by atoms with E-state index >= 15 is 0 Å². The van der Waals surface area contributed by atoms with Crippen LogP contribution < -0.4 is 5.32 Å². The van der Waals surface area contributed by atoms with Gasteiger partial charge in [0.25, 0.3) is 0 Å². The van der Waals surface area contributed by atoms with Crippen molar-refractivity contribution in [2.75, 3.05) is 6.54 Å². The third-order valence-electron chi connectivity index (χ3n) is 3.64. The first-order chi connectivity index (χ1) is 9.24. The Labute approximate surface area is 118 Å². The number of amidine groups is 1. The smallest absolute Gasteiger partial charge is 0.157 e. The lowest BCUT2D eigenvalue weighted by Crippen LogP contribution is -2.21. The highest BCUT2D eigenvalue weighted by Crippen LogP contribution is 2.30. The predicted molar refractivity (Wildman–Crippen MR) is 81.0 cm³/mol. The van der Waals surface area contributed by atoms with E-state index in [0.29, 0.717) is 17.4 Å². The van der Waals surface area contributed by atoms with Crippen LogP contribution in [0, 0.1) is 11.7 Å². The average Bonchev–Trinajstić information content (AvgIpc) is 2.88. The molecule has 1 heterocycles. The molecule has 1 aromatic carbocycles. The van der Waals surface area contributed by atoms with Crippen molar-refractivity contribution in [1.29, 1.82) is 0 Å². The Hall–Kier alpha value is -1.03. The minimum Gasteiger partial charge on any atom is -0.361 e. The van der Waals surface area contributed by atoms with Crippen molar-refractivity contribution in [2.45, 2.75) is 38.5 Å². The molecule has 2 rings (SSSR count). The topological polar surface area (TPSA) is 24.4 Å². The monoisotopic (exact) mass is 280 g/mol. The second-order valence-electron chi connectivity index (χ2n) is 4.82. The van der Waals surface area contributed by atoms with Crippen molar-refractivity contribution in [3.8, 4) is 0 Å². The van der Waals surface area contributed by atoms with Gasteiger partial charge in [0.15, 0.2) is 5.17 Å². The summed E-state index contributed by atoms with van der Waals surface area (Å²) in [6.45, 7) is 5.86. The van der Waals surface area contributed by atoms with Gasteiger partial charge in [-0.1, -0.05) is 56.7 Å². The van der Waals surface area contributed by atoms with Gasteiger partial charge in [-0.2, -0.15) is 0 Å². The molecule has 0 aromatic heterocycles. The van der Waals surface area contributed by atoms with Gasteiger partial charge in [-0.05, 0) is 12.0 Å². The van der Waals surface area contributed by atoms with Crippen molar-refractivity contribution in [3.05, 3.63) is 35.6 Å². The Balaban J connectivity index is 1.84. The first kappa shape index (κ1) is 14.4. The first-order valence-electron chi connectivity index (χ1n) is 6.93. The van der Waals surface area contributed by atoms with Crippen molar-refractivity contribution >= 4 is 16.9 Å². The highest BCUT2D eigenvalue weighted by atomic mass is 32.2. The molecule has 2 nitrogen and oxygen atoms in total. The fourth-order valence-corrected chi connectivity index (χ4v) is 3.68. The molecule has 104 valence electrons. The molecule has 0 fully saturated rings. The van der Waals surface area contributed by atoms with Gasteiger partial charge in [0.1, 0.15) is 5.82 Å². The summed E-state index contributed by atoms with van der Waals surface area (Å²) < 4.78 is 13.5. The third-order valence-corrected chi connectivity index (χ3v) is 4.97. The largest absolute Gasteiger partial charge is 0.361 e. The summed E-state index contributed by atoms with van der Waals surface area (Å²) in [7, 11) is 0. The molecule has 1 aromatic rings. The van der Waals surface area contributed by atoms with Gasteiger partial charge in [-0.15, -0.1) is 0 Å². The van der Waals surface area contributed by atoms with Crippen LogP contribution in [0.25, 0.3) is 0 Å². The van der Waals surface area contributed by atoms with Crippen molar-refractivity contribution in [1.82, 2.24) is 5.32 Å². The van der Waals surface area contributed by atoms with Crippen LogP contribution >= 0.6 is 11.8 Å². The molecule has 1 N–H and O–H groups in total. The number of nitrogens with zero attached hydrogens (tertiary/aromatic N) is 1. The molecule has 0 saturated carbocycles. The lowest BCUT2D eigenvalue weighted by molar-refractivity contribution is 0.479. The minimum atomic E-state index is -0.157. The molecule has 4 heteroatoms. The van der Waals surface area contributed by atoms with E-state index in [9.17, 15) is 4.39 Å². The van der Waals surface area contributed by atoms with Crippen LogP contribution in [0.2, 0.25) is 0 Å². The zero-order chi connectivity index (χ0) is 13.7. The quantitative estimate of drug-likeness (QED) is 0.886. The summed E-state index contributed by atoms with van der Waals surface area (Å²) in [6.07, 6.45) is 2.40. The predicted octanol–water partition coefficient (Wildman–Crippen LogP) is 3.82. The summed E-state index contributed by atoms with van der Waals surface area (Å²) in [5.41, 5.74) is 0.691. The SMILES string of the molecule is CCC(CC)C1CN=C(NCc2ccccc2F)S1. The first-order valence-corrected chi connectivity index (χ1v) is 7.81. The number of aliphatic imine (C=N–C) groups is 1. The molecule has 0 radical (unpaired) electrons. The summed E-state index contributed by atoms with van der Waals surface area (Å²) in [5.74, 6) is 0.566. The number of hydrogen-bond acceptors (Lipinski definition) is 3. The Kier molecular flexibility index (Phi) is 5.25. The second kappa shape index (κ2) is 6.94. The van der Waals surface area contributed by atoms with E-state index in [4.69, 9.17) is 0 Å². The highest BCUT2D eigenvalue weighted by Gasteiger charge is 2.25. The van der Waals surface area contributed by atoms with Crippen LogP contribution in [-0.2, 0) is 6.54 Å². The second-order valence-corrected chi connectivity index (χ2v) is 6.05. The van der Waals surface area contributed by atoms with E-state index in [2.05, 4.69) is 24.2 Å². The van der Waals surface area contributed by atoms with E-state index in [1.165, 1.54) is 18.9 Å². The maximum Gasteiger partial charge on any atom is 0.157 e. The van der Waals surface area contributed by atoms with Gasteiger partial charge < -0.3 is 5.32 Å². The summed E-state index contributed by atoms with van der Waals surface area (Å²) in [4.78, 5) is 4.52. The molecule has 1 aliphatic rings. The van der Waals surface area contributed by atoms with Crippen molar-refractivity contribution in [3.63, 3.8) is 0 Å². The number of benzene rings is 1. The van der Waals surface area contributed by atoms with Gasteiger partial charge in [-0.25, -0.2) is 4.39 Å². The van der Waals surface area contributed by atoms with Gasteiger partial charge in [0, 0.05) is 17.4 Å². The average molecular weight is 280 g/mol. The number of thioether (sulfide) groups is 1.